The summed E-state index contributed by atoms with van der Waals surface area (Å²) >= 11 is 0. The van der Waals surface area contributed by atoms with Gasteiger partial charge < -0.3 is 14.8 Å². The monoisotopic (exact) mass is 276 g/mol. The molecule has 2 heterocycles. The van der Waals surface area contributed by atoms with Crippen molar-refractivity contribution in [1.29, 1.82) is 0 Å². The van der Waals surface area contributed by atoms with E-state index in [1.807, 2.05) is 22.7 Å². The van der Waals surface area contributed by atoms with Crippen molar-refractivity contribution in [2.24, 2.45) is 13.0 Å². The maximum Gasteiger partial charge on any atom is 0.223 e. The summed E-state index contributed by atoms with van der Waals surface area (Å²) in [5.74, 6) is 2.08. The van der Waals surface area contributed by atoms with Crippen LogP contribution in [0.15, 0.2) is 12.4 Å². The van der Waals surface area contributed by atoms with Crippen molar-refractivity contribution in [3.63, 3.8) is 0 Å². The summed E-state index contributed by atoms with van der Waals surface area (Å²) in [5.41, 5.74) is 0. The molecular formula is C15H24N4O. The predicted molar refractivity (Wildman–Crippen MR) is 77.1 cm³/mol. The smallest absolute Gasteiger partial charge is 0.223 e. The molecule has 5 heteroatoms. The fraction of sp³-hybridized carbons (Fsp3) is 0.733. The number of carbonyl (C=O) groups excluding carboxylic acids is 1. The van der Waals surface area contributed by atoms with Gasteiger partial charge >= 0.3 is 0 Å². The first-order valence-corrected chi connectivity index (χ1v) is 7.73. The van der Waals surface area contributed by atoms with Crippen LogP contribution in [0.25, 0.3) is 0 Å². The van der Waals surface area contributed by atoms with Crippen molar-refractivity contribution < 1.29 is 4.79 Å². The molecule has 1 amide bonds. The number of aromatic nitrogens is 2. The molecular weight excluding hydrogens is 252 g/mol. The Hall–Kier alpha value is -1.36. The summed E-state index contributed by atoms with van der Waals surface area (Å²) < 4.78 is 2.02. The van der Waals surface area contributed by atoms with Gasteiger partial charge in [-0.15, -0.1) is 0 Å². The molecule has 1 N–H and O–H groups in total. The SMILES string of the molecule is Cn1ccnc1C1CNCCN1C(=O)CCC1CCC1. The number of nitrogens with one attached hydrogen (secondary N) is 1. The van der Waals surface area contributed by atoms with Gasteiger partial charge in [-0.2, -0.15) is 0 Å². The van der Waals surface area contributed by atoms with Gasteiger partial charge in [-0.3, -0.25) is 4.79 Å². The molecule has 1 aliphatic carbocycles. The summed E-state index contributed by atoms with van der Waals surface area (Å²) in [7, 11) is 1.99. The van der Waals surface area contributed by atoms with E-state index in [0.717, 1.165) is 37.8 Å². The van der Waals surface area contributed by atoms with Crippen LogP contribution in [0.4, 0.5) is 0 Å². The van der Waals surface area contributed by atoms with Crippen molar-refractivity contribution in [3.8, 4) is 0 Å². The van der Waals surface area contributed by atoms with Gasteiger partial charge in [0, 0.05) is 45.5 Å². The average Bonchev–Trinajstić information content (AvgIpc) is 2.83. The normalized spacial score (nSPS) is 23.6. The fourth-order valence-electron chi connectivity index (χ4n) is 3.18. The second-order valence-corrected chi connectivity index (χ2v) is 6.04. The molecule has 20 heavy (non-hydrogen) atoms. The highest BCUT2D eigenvalue weighted by molar-refractivity contribution is 5.76. The lowest BCUT2D eigenvalue weighted by Gasteiger charge is -2.36. The second-order valence-electron chi connectivity index (χ2n) is 6.04. The number of hydrogen-bond donors (Lipinski definition) is 1. The van der Waals surface area contributed by atoms with Gasteiger partial charge in [0.25, 0.3) is 0 Å². The summed E-state index contributed by atoms with van der Waals surface area (Å²) in [5, 5.41) is 3.38. The van der Waals surface area contributed by atoms with Gasteiger partial charge in [0.05, 0.1) is 0 Å². The van der Waals surface area contributed by atoms with E-state index >= 15 is 0 Å². The molecule has 1 saturated carbocycles. The maximum atomic E-state index is 12.5. The van der Waals surface area contributed by atoms with Crippen LogP contribution in [0.1, 0.15) is 44.0 Å². The molecule has 5 nitrogen and oxygen atoms in total. The van der Waals surface area contributed by atoms with E-state index in [2.05, 4.69) is 10.3 Å². The Morgan fingerprint density at radius 1 is 1.50 bits per heavy atom. The minimum atomic E-state index is 0.0811. The van der Waals surface area contributed by atoms with E-state index in [1.54, 1.807) is 6.20 Å². The number of rotatable bonds is 4. The first-order valence-electron chi connectivity index (χ1n) is 7.73. The Morgan fingerprint density at radius 2 is 2.35 bits per heavy atom. The zero-order chi connectivity index (χ0) is 13.9. The highest BCUT2D eigenvalue weighted by atomic mass is 16.2. The Balaban J connectivity index is 1.65. The maximum absolute atomic E-state index is 12.5. The summed E-state index contributed by atoms with van der Waals surface area (Å²) in [6.45, 7) is 2.48. The van der Waals surface area contributed by atoms with E-state index < -0.39 is 0 Å². The van der Waals surface area contributed by atoms with Gasteiger partial charge in [0.1, 0.15) is 11.9 Å². The quantitative estimate of drug-likeness (QED) is 0.906. The molecule has 110 valence electrons. The highest BCUT2D eigenvalue weighted by Crippen LogP contribution is 2.31. The number of nitrogens with zero attached hydrogens (tertiary/aromatic N) is 3. The standard InChI is InChI=1S/C15H24N4O/c1-18-9-8-17-15(18)13-11-16-7-10-19(13)14(20)6-5-12-3-2-4-12/h8-9,12-13,16H,2-7,10-11H2,1H3. The summed E-state index contributed by atoms with van der Waals surface area (Å²) in [6.07, 6.45) is 9.50. The Bertz CT molecular complexity index is 466. The Labute approximate surface area is 120 Å². The van der Waals surface area contributed by atoms with Crippen LogP contribution in [-0.4, -0.2) is 40.0 Å². The lowest BCUT2D eigenvalue weighted by atomic mass is 9.82. The number of imidazole rings is 1. The van der Waals surface area contributed by atoms with Crippen LogP contribution >= 0.6 is 0 Å². The van der Waals surface area contributed by atoms with Gasteiger partial charge in [0.2, 0.25) is 5.91 Å². The number of amides is 1. The lowest BCUT2D eigenvalue weighted by Crippen LogP contribution is -2.49. The van der Waals surface area contributed by atoms with Crippen molar-refractivity contribution in [2.75, 3.05) is 19.6 Å². The molecule has 1 aliphatic heterocycles. The topological polar surface area (TPSA) is 50.2 Å². The minimum absolute atomic E-state index is 0.0811. The number of piperazine rings is 1. The van der Waals surface area contributed by atoms with Crippen LogP contribution in [0.5, 0.6) is 0 Å². The van der Waals surface area contributed by atoms with Crippen LogP contribution in [0.2, 0.25) is 0 Å². The summed E-state index contributed by atoms with van der Waals surface area (Å²) in [4.78, 5) is 19.0. The van der Waals surface area contributed by atoms with Crippen molar-refractivity contribution in [3.05, 3.63) is 18.2 Å². The number of aryl methyl sites for hydroxylation is 1. The molecule has 2 aliphatic rings. The molecule has 0 spiro atoms. The van der Waals surface area contributed by atoms with Gasteiger partial charge in [0.15, 0.2) is 0 Å². The molecule has 0 bridgehead atoms. The molecule has 0 radical (unpaired) electrons. The minimum Gasteiger partial charge on any atom is -0.336 e. The van der Waals surface area contributed by atoms with Crippen molar-refractivity contribution in [1.82, 2.24) is 19.8 Å². The van der Waals surface area contributed by atoms with Crippen LogP contribution < -0.4 is 5.32 Å². The molecule has 1 unspecified atom stereocenters. The van der Waals surface area contributed by atoms with E-state index in [1.165, 1.54) is 19.3 Å². The second kappa shape index (κ2) is 5.95. The Morgan fingerprint density at radius 3 is 3.00 bits per heavy atom. The van der Waals surface area contributed by atoms with E-state index in [4.69, 9.17) is 0 Å². The van der Waals surface area contributed by atoms with Crippen molar-refractivity contribution >= 4 is 5.91 Å². The average molecular weight is 276 g/mol. The Kier molecular flexibility index (Phi) is 4.05. The molecule has 1 aromatic heterocycles. The van der Waals surface area contributed by atoms with E-state index in [9.17, 15) is 4.79 Å². The predicted octanol–water partition coefficient (Wildman–Crippen LogP) is 1.47. The third kappa shape index (κ3) is 2.73. The van der Waals surface area contributed by atoms with E-state index in [-0.39, 0.29) is 6.04 Å². The lowest BCUT2D eigenvalue weighted by molar-refractivity contribution is -0.135. The van der Waals surface area contributed by atoms with E-state index in [0.29, 0.717) is 12.3 Å². The number of carbonyl (C=O) groups is 1. The third-order valence-electron chi connectivity index (χ3n) is 4.71. The molecule has 1 atom stereocenters. The summed E-state index contributed by atoms with van der Waals surface area (Å²) in [6, 6.07) is 0.0811. The van der Waals surface area contributed by atoms with Gasteiger partial charge in [-0.05, 0) is 12.3 Å². The largest absolute Gasteiger partial charge is 0.336 e. The van der Waals surface area contributed by atoms with Gasteiger partial charge in [-0.25, -0.2) is 4.98 Å². The first-order chi connectivity index (χ1) is 9.75. The fourth-order valence-corrected chi connectivity index (χ4v) is 3.18. The highest BCUT2D eigenvalue weighted by Gasteiger charge is 2.30. The molecule has 0 aromatic carbocycles. The van der Waals surface area contributed by atoms with Crippen molar-refractivity contribution in [2.45, 2.75) is 38.1 Å². The molecule has 3 rings (SSSR count). The van der Waals surface area contributed by atoms with Crippen LogP contribution in [-0.2, 0) is 11.8 Å². The van der Waals surface area contributed by atoms with Gasteiger partial charge in [-0.1, -0.05) is 19.3 Å². The van der Waals surface area contributed by atoms with Crippen LogP contribution in [0.3, 0.4) is 0 Å². The zero-order valence-electron chi connectivity index (χ0n) is 12.2. The molecule has 1 saturated heterocycles. The molecule has 1 aromatic rings. The van der Waals surface area contributed by atoms with Crippen LogP contribution in [0, 0.1) is 5.92 Å². The third-order valence-corrected chi connectivity index (χ3v) is 4.71. The number of hydrogen-bond acceptors (Lipinski definition) is 3. The zero-order valence-corrected chi connectivity index (χ0v) is 12.2. The molecule has 2 fully saturated rings. The first kappa shape index (κ1) is 13.6.